The van der Waals surface area contributed by atoms with Crippen LogP contribution in [0.15, 0.2) is 78.9 Å². The molecule has 0 saturated carbocycles. The minimum Gasteiger partial charge on any atom is -0.508 e. The summed E-state index contributed by atoms with van der Waals surface area (Å²) in [5, 5.41) is 10.4. The first kappa shape index (κ1) is 21.9. The second-order valence-corrected chi connectivity index (χ2v) is 7.38. The molecule has 0 bridgehead atoms. The summed E-state index contributed by atoms with van der Waals surface area (Å²) in [4.78, 5) is 2.33. The molecule has 4 heteroatoms. The fourth-order valence-electron chi connectivity index (χ4n) is 3.33. The number of aromatic hydroxyl groups is 1. The van der Waals surface area contributed by atoms with E-state index in [9.17, 15) is 5.11 Å². The normalized spacial score (nSPS) is 12.0. The molecule has 156 valence electrons. The third-order valence-corrected chi connectivity index (χ3v) is 5.52. The van der Waals surface area contributed by atoms with Crippen molar-refractivity contribution in [2.75, 3.05) is 26.2 Å². The number of hydrogen-bond acceptors (Lipinski definition) is 3. The molecule has 3 nitrogen and oxygen atoms in total. The molecule has 0 radical (unpaired) electrons. The van der Waals surface area contributed by atoms with E-state index in [1.807, 2.05) is 66.7 Å². The molecular weight excluding hydrogens is 394 g/mol. The first-order valence-corrected chi connectivity index (χ1v) is 10.7. The van der Waals surface area contributed by atoms with Crippen molar-refractivity contribution in [3.05, 3.63) is 95.6 Å². The Kier molecular flexibility index (Phi) is 7.95. The molecule has 3 rings (SSSR count). The van der Waals surface area contributed by atoms with Crippen LogP contribution < -0.4 is 4.74 Å². The third-order valence-electron chi connectivity index (χ3n) is 5.12. The van der Waals surface area contributed by atoms with Gasteiger partial charge in [0, 0.05) is 12.1 Å². The topological polar surface area (TPSA) is 32.7 Å². The molecule has 0 aliphatic heterocycles. The van der Waals surface area contributed by atoms with Gasteiger partial charge in [0.1, 0.15) is 18.1 Å². The zero-order chi connectivity index (χ0) is 21.3. The molecule has 0 unspecified atom stereocenters. The van der Waals surface area contributed by atoms with Gasteiger partial charge < -0.3 is 14.7 Å². The summed E-state index contributed by atoms with van der Waals surface area (Å²) in [5.74, 6) is 1.07. The van der Waals surface area contributed by atoms with Crippen LogP contribution in [0.1, 0.15) is 30.5 Å². The molecule has 0 amide bonds. The average molecular weight is 422 g/mol. The first-order chi connectivity index (χ1) is 14.6. The van der Waals surface area contributed by atoms with Crippen molar-refractivity contribution in [1.29, 1.82) is 0 Å². The van der Waals surface area contributed by atoms with Gasteiger partial charge in [-0.15, -0.1) is 0 Å². The van der Waals surface area contributed by atoms with E-state index in [0.717, 1.165) is 47.6 Å². The minimum atomic E-state index is 0.228. The van der Waals surface area contributed by atoms with Crippen LogP contribution in [-0.2, 0) is 0 Å². The monoisotopic (exact) mass is 421 g/mol. The highest BCUT2D eigenvalue weighted by Gasteiger charge is 2.13. The van der Waals surface area contributed by atoms with Gasteiger partial charge in [-0.1, -0.05) is 80.0 Å². The lowest BCUT2D eigenvalue weighted by Crippen LogP contribution is -2.27. The number of halogens is 1. The number of nitrogens with zero attached hydrogens (tertiary/aromatic N) is 1. The summed E-state index contributed by atoms with van der Waals surface area (Å²) < 4.78 is 5.92. The Morgan fingerprint density at radius 1 is 0.800 bits per heavy atom. The molecule has 0 aliphatic rings. The summed E-state index contributed by atoms with van der Waals surface area (Å²) in [6.07, 6.45) is 0. The van der Waals surface area contributed by atoms with Crippen LogP contribution in [-0.4, -0.2) is 36.2 Å². The van der Waals surface area contributed by atoms with E-state index >= 15 is 0 Å². The molecule has 0 aliphatic carbocycles. The Bertz CT molecular complexity index is 947. The Morgan fingerprint density at radius 2 is 1.37 bits per heavy atom. The van der Waals surface area contributed by atoms with Gasteiger partial charge in [-0.3, -0.25) is 0 Å². The van der Waals surface area contributed by atoms with Crippen LogP contribution in [0, 0.1) is 0 Å². The Hall–Kier alpha value is -2.75. The molecule has 0 aromatic heterocycles. The molecule has 1 N–H and O–H groups in total. The van der Waals surface area contributed by atoms with E-state index in [-0.39, 0.29) is 5.75 Å². The van der Waals surface area contributed by atoms with Gasteiger partial charge in [0.05, 0.1) is 5.03 Å². The number of likely N-dealkylation sites (N-methyl/N-ethyl adjacent to an activating group) is 1. The molecule has 0 heterocycles. The second kappa shape index (κ2) is 10.9. The van der Waals surface area contributed by atoms with Gasteiger partial charge in [-0.25, -0.2) is 0 Å². The molecule has 0 saturated heterocycles. The number of hydrogen-bond donors (Lipinski definition) is 1. The molecule has 3 aromatic rings. The molecular formula is C26H28ClNO2. The lowest BCUT2D eigenvalue weighted by Gasteiger charge is -2.18. The standard InChI is InChI=1S/C26H28ClNO2/c1-3-28(4-2)18-19-30-24-16-12-21(13-17-24)25(20-10-14-23(29)15-11-20)26(27)22-8-6-5-7-9-22/h5-17,29H,3-4,18-19H2,1-2H3/b26-25+. The number of phenols is 1. The zero-order valence-electron chi connectivity index (χ0n) is 17.5. The molecule has 0 spiro atoms. The Balaban J connectivity index is 1.88. The highest BCUT2D eigenvalue weighted by molar-refractivity contribution is 6.53. The Labute approximate surface area is 184 Å². The minimum absolute atomic E-state index is 0.228. The van der Waals surface area contributed by atoms with Crippen LogP contribution in [0.25, 0.3) is 10.6 Å². The predicted molar refractivity (Wildman–Crippen MR) is 126 cm³/mol. The van der Waals surface area contributed by atoms with Crippen molar-refractivity contribution in [3.8, 4) is 11.5 Å². The number of phenolic OH excluding ortho intramolecular Hbond substituents is 1. The molecule has 0 fully saturated rings. The second-order valence-electron chi connectivity index (χ2n) is 7.00. The van der Waals surface area contributed by atoms with E-state index in [2.05, 4.69) is 18.7 Å². The van der Waals surface area contributed by atoms with Gasteiger partial charge in [0.25, 0.3) is 0 Å². The van der Waals surface area contributed by atoms with E-state index < -0.39 is 0 Å². The predicted octanol–water partition coefficient (Wildman–Crippen LogP) is 6.27. The van der Waals surface area contributed by atoms with Crippen molar-refractivity contribution >= 4 is 22.2 Å². The average Bonchev–Trinajstić information content (AvgIpc) is 2.79. The first-order valence-electron chi connectivity index (χ1n) is 10.3. The molecule has 0 atom stereocenters. The largest absolute Gasteiger partial charge is 0.508 e. The molecule has 30 heavy (non-hydrogen) atoms. The maximum atomic E-state index is 9.69. The quantitative estimate of drug-likeness (QED) is 0.413. The van der Waals surface area contributed by atoms with Gasteiger partial charge in [0.15, 0.2) is 0 Å². The summed E-state index contributed by atoms with van der Waals surface area (Å²) in [5.41, 5.74) is 3.79. The van der Waals surface area contributed by atoms with Crippen molar-refractivity contribution < 1.29 is 9.84 Å². The fraction of sp³-hybridized carbons (Fsp3) is 0.231. The Morgan fingerprint density at radius 3 is 1.93 bits per heavy atom. The lowest BCUT2D eigenvalue weighted by molar-refractivity contribution is 0.223. The van der Waals surface area contributed by atoms with Crippen LogP contribution in [0.5, 0.6) is 11.5 Å². The highest BCUT2D eigenvalue weighted by Crippen LogP contribution is 2.36. The van der Waals surface area contributed by atoms with Crippen LogP contribution in [0.3, 0.4) is 0 Å². The number of benzene rings is 3. The van der Waals surface area contributed by atoms with Crippen molar-refractivity contribution in [2.45, 2.75) is 13.8 Å². The van der Waals surface area contributed by atoms with Gasteiger partial charge in [-0.05, 0) is 54.0 Å². The van der Waals surface area contributed by atoms with E-state index in [1.165, 1.54) is 0 Å². The lowest BCUT2D eigenvalue weighted by atomic mass is 9.95. The van der Waals surface area contributed by atoms with E-state index in [4.69, 9.17) is 16.3 Å². The number of rotatable bonds is 9. The maximum Gasteiger partial charge on any atom is 0.119 e. The zero-order valence-corrected chi connectivity index (χ0v) is 18.3. The van der Waals surface area contributed by atoms with Crippen LogP contribution in [0.2, 0.25) is 0 Å². The van der Waals surface area contributed by atoms with Gasteiger partial charge in [-0.2, -0.15) is 0 Å². The third kappa shape index (κ3) is 5.65. The maximum absolute atomic E-state index is 9.69. The number of ether oxygens (including phenoxy) is 1. The van der Waals surface area contributed by atoms with Crippen molar-refractivity contribution in [2.24, 2.45) is 0 Å². The van der Waals surface area contributed by atoms with Gasteiger partial charge in [0.2, 0.25) is 0 Å². The van der Waals surface area contributed by atoms with Crippen molar-refractivity contribution in [3.63, 3.8) is 0 Å². The summed E-state index contributed by atoms with van der Waals surface area (Å²) >= 11 is 6.85. The van der Waals surface area contributed by atoms with E-state index in [0.29, 0.717) is 11.6 Å². The van der Waals surface area contributed by atoms with Gasteiger partial charge >= 0.3 is 0 Å². The SMILES string of the molecule is CCN(CC)CCOc1ccc(/C(=C(/Cl)c2ccccc2)c2ccc(O)cc2)cc1. The fourth-order valence-corrected chi connectivity index (χ4v) is 3.67. The van der Waals surface area contributed by atoms with Crippen LogP contribution in [0.4, 0.5) is 0 Å². The summed E-state index contributed by atoms with van der Waals surface area (Å²) in [7, 11) is 0. The van der Waals surface area contributed by atoms with Crippen molar-refractivity contribution in [1.82, 2.24) is 4.90 Å². The van der Waals surface area contributed by atoms with Crippen LogP contribution >= 0.6 is 11.6 Å². The van der Waals surface area contributed by atoms with E-state index in [1.54, 1.807) is 12.1 Å². The summed E-state index contributed by atoms with van der Waals surface area (Å²) in [6.45, 7) is 7.94. The molecule has 3 aromatic carbocycles. The summed E-state index contributed by atoms with van der Waals surface area (Å²) in [6, 6.07) is 25.0. The highest BCUT2D eigenvalue weighted by atomic mass is 35.5. The smallest absolute Gasteiger partial charge is 0.119 e.